The van der Waals surface area contributed by atoms with Crippen LogP contribution in [-0.4, -0.2) is 32.2 Å². The molecule has 2 rings (SSSR count). The highest BCUT2D eigenvalue weighted by atomic mass is 19.1. The molecular formula is C13H17FN6O. The van der Waals surface area contributed by atoms with Crippen molar-refractivity contribution in [2.24, 2.45) is 7.05 Å². The summed E-state index contributed by atoms with van der Waals surface area (Å²) in [6.07, 6.45) is 3.77. The molecule has 2 heterocycles. The van der Waals surface area contributed by atoms with E-state index in [2.05, 4.69) is 25.8 Å². The smallest absolute Gasteiger partial charge is 0.254 e. The molecule has 0 aliphatic rings. The number of aryl methyl sites for hydroxylation is 1. The number of halogens is 1. The molecule has 2 aromatic heterocycles. The van der Waals surface area contributed by atoms with Crippen LogP contribution in [0.2, 0.25) is 0 Å². The van der Waals surface area contributed by atoms with Crippen LogP contribution in [0.25, 0.3) is 0 Å². The van der Waals surface area contributed by atoms with Crippen LogP contribution < -0.4 is 10.6 Å². The Morgan fingerprint density at radius 2 is 2.29 bits per heavy atom. The third kappa shape index (κ3) is 3.53. The number of hydrogen-bond acceptors (Lipinski definition) is 5. The molecule has 7 nitrogen and oxygen atoms in total. The Morgan fingerprint density at radius 3 is 2.95 bits per heavy atom. The van der Waals surface area contributed by atoms with E-state index in [0.29, 0.717) is 12.4 Å². The lowest BCUT2D eigenvalue weighted by Crippen LogP contribution is -2.25. The standard InChI is InChI=1S/C13H17FN6O/c1-3-5-15-12-11(14)9(4-6-16-12)13(21)17-7-10-19-18-8-20(10)2/h4,6,8H,3,5,7H2,1-2H3,(H,15,16)(H,17,21). The van der Waals surface area contributed by atoms with Crippen LogP contribution in [-0.2, 0) is 13.6 Å². The van der Waals surface area contributed by atoms with Gasteiger partial charge in [-0.15, -0.1) is 10.2 Å². The van der Waals surface area contributed by atoms with Crippen molar-refractivity contribution in [3.8, 4) is 0 Å². The van der Waals surface area contributed by atoms with Crippen molar-refractivity contribution in [2.45, 2.75) is 19.9 Å². The van der Waals surface area contributed by atoms with Crippen LogP contribution >= 0.6 is 0 Å². The Balaban J connectivity index is 2.07. The topological polar surface area (TPSA) is 84.7 Å². The first-order chi connectivity index (χ1) is 10.1. The van der Waals surface area contributed by atoms with Crippen molar-refractivity contribution in [3.63, 3.8) is 0 Å². The van der Waals surface area contributed by atoms with Crippen LogP contribution in [0.1, 0.15) is 29.5 Å². The van der Waals surface area contributed by atoms with Crippen molar-refractivity contribution < 1.29 is 9.18 Å². The van der Waals surface area contributed by atoms with Gasteiger partial charge in [-0.3, -0.25) is 4.79 Å². The monoisotopic (exact) mass is 292 g/mol. The summed E-state index contributed by atoms with van der Waals surface area (Å²) in [5, 5.41) is 13.0. The third-order valence-electron chi connectivity index (χ3n) is 2.89. The summed E-state index contributed by atoms with van der Waals surface area (Å²) in [7, 11) is 1.77. The highest BCUT2D eigenvalue weighted by Gasteiger charge is 2.16. The first kappa shape index (κ1) is 14.9. The first-order valence-corrected chi connectivity index (χ1v) is 6.63. The molecule has 0 bridgehead atoms. The van der Waals surface area contributed by atoms with Gasteiger partial charge in [0.25, 0.3) is 5.91 Å². The predicted octanol–water partition coefficient (Wildman–Crippen LogP) is 1.10. The van der Waals surface area contributed by atoms with E-state index in [1.54, 1.807) is 11.6 Å². The van der Waals surface area contributed by atoms with E-state index in [1.165, 1.54) is 18.6 Å². The van der Waals surface area contributed by atoms with E-state index in [4.69, 9.17) is 0 Å². The van der Waals surface area contributed by atoms with E-state index in [9.17, 15) is 9.18 Å². The third-order valence-corrected chi connectivity index (χ3v) is 2.89. The zero-order chi connectivity index (χ0) is 15.2. The van der Waals surface area contributed by atoms with Crippen molar-refractivity contribution in [2.75, 3.05) is 11.9 Å². The predicted molar refractivity (Wildman–Crippen MR) is 75.1 cm³/mol. The zero-order valence-corrected chi connectivity index (χ0v) is 11.9. The number of nitrogens with one attached hydrogen (secondary N) is 2. The van der Waals surface area contributed by atoms with Gasteiger partial charge in [-0.25, -0.2) is 9.37 Å². The van der Waals surface area contributed by atoms with Crippen LogP contribution in [0.5, 0.6) is 0 Å². The summed E-state index contributed by atoms with van der Waals surface area (Å²) in [5.74, 6) is -0.496. The fourth-order valence-corrected chi connectivity index (χ4v) is 1.71. The maximum Gasteiger partial charge on any atom is 0.254 e. The highest BCUT2D eigenvalue weighted by Crippen LogP contribution is 2.15. The van der Waals surface area contributed by atoms with Crippen LogP contribution in [0.3, 0.4) is 0 Å². The van der Waals surface area contributed by atoms with Gasteiger partial charge >= 0.3 is 0 Å². The lowest BCUT2D eigenvalue weighted by atomic mass is 10.2. The Morgan fingerprint density at radius 1 is 1.48 bits per heavy atom. The molecule has 0 unspecified atom stereocenters. The molecule has 8 heteroatoms. The second-order valence-electron chi connectivity index (χ2n) is 4.49. The quantitative estimate of drug-likeness (QED) is 0.833. The Labute approximate surface area is 121 Å². The Bertz CT molecular complexity index is 627. The molecule has 0 aromatic carbocycles. The number of hydrogen-bond donors (Lipinski definition) is 2. The van der Waals surface area contributed by atoms with Gasteiger partial charge in [0.15, 0.2) is 17.5 Å². The molecule has 0 atom stereocenters. The first-order valence-electron chi connectivity index (χ1n) is 6.63. The van der Waals surface area contributed by atoms with E-state index in [-0.39, 0.29) is 17.9 Å². The molecule has 2 aromatic rings. The van der Waals surface area contributed by atoms with Gasteiger partial charge in [-0.05, 0) is 12.5 Å². The van der Waals surface area contributed by atoms with Crippen LogP contribution in [0, 0.1) is 5.82 Å². The van der Waals surface area contributed by atoms with E-state index < -0.39 is 11.7 Å². The fourth-order valence-electron chi connectivity index (χ4n) is 1.71. The van der Waals surface area contributed by atoms with Crippen molar-refractivity contribution in [3.05, 3.63) is 35.8 Å². The van der Waals surface area contributed by atoms with Gasteiger partial charge in [0.2, 0.25) is 0 Å². The number of amides is 1. The molecule has 0 radical (unpaired) electrons. The van der Waals surface area contributed by atoms with Gasteiger partial charge in [-0.1, -0.05) is 6.92 Å². The zero-order valence-electron chi connectivity index (χ0n) is 11.9. The summed E-state index contributed by atoms with van der Waals surface area (Å²) in [4.78, 5) is 15.9. The average Bonchev–Trinajstić information content (AvgIpc) is 2.89. The van der Waals surface area contributed by atoms with Gasteiger partial charge < -0.3 is 15.2 Å². The van der Waals surface area contributed by atoms with Gasteiger partial charge in [0, 0.05) is 19.8 Å². The molecule has 0 aliphatic heterocycles. The summed E-state index contributed by atoms with van der Waals surface area (Å²) >= 11 is 0. The molecule has 0 saturated heterocycles. The molecular weight excluding hydrogens is 275 g/mol. The van der Waals surface area contributed by atoms with Crippen LogP contribution in [0.4, 0.5) is 10.2 Å². The number of anilines is 1. The average molecular weight is 292 g/mol. The Kier molecular flexibility index (Phi) is 4.81. The van der Waals surface area contributed by atoms with E-state index >= 15 is 0 Å². The second kappa shape index (κ2) is 6.78. The Hall–Kier alpha value is -2.51. The number of rotatable bonds is 6. The van der Waals surface area contributed by atoms with Crippen molar-refractivity contribution >= 4 is 11.7 Å². The minimum atomic E-state index is -0.651. The number of aromatic nitrogens is 4. The molecule has 0 spiro atoms. The highest BCUT2D eigenvalue weighted by molar-refractivity contribution is 5.95. The summed E-state index contributed by atoms with van der Waals surface area (Å²) in [5.41, 5.74) is -0.0502. The summed E-state index contributed by atoms with van der Waals surface area (Å²) in [6, 6.07) is 1.35. The van der Waals surface area contributed by atoms with E-state index in [1.807, 2.05) is 6.92 Å². The van der Waals surface area contributed by atoms with Gasteiger partial charge in [0.1, 0.15) is 6.33 Å². The molecule has 0 fully saturated rings. The molecule has 0 saturated carbocycles. The molecule has 0 aliphatic carbocycles. The maximum absolute atomic E-state index is 14.2. The van der Waals surface area contributed by atoms with Crippen molar-refractivity contribution in [1.82, 2.24) is 25.1 Å². The minimum Gasteiger partial charge on any atom is -0.368 e. The maximum atomic E-state index is 14.2. The SMILES string of the molecule is CCCNc1nccc(C(=O)NCc2nncn2C)c1F. The number of nitrogens with zero attached hydrogens (tertiary/aromatic N) is 4. The molecule has 21 heavy (non-hydrogen) atoms. The van der Waals surface area contributed by atoms with Crippen molar-refractivity contribution in [1.29, 1.82) is 0 Å². The van der Waals surface area contributed by atoms with E-state index in [0.717, 1.165) is 6.42 Å². The molecule has 2 N–H and O–H groups in total. The minimum absolute atomic E-state index is 0.0502. The fraction of sp³-hybridized carbons (Fsp3) is 0.385. The second-order valence-corrected chi connectivity index (χ2v) is 4.49. The van der Waals surface area contributed by atoms with Gasteiger partial charge in [-0.2, -0.15) is 0 Å². The molecule has 1 amide bonds. The lowest BCUT2D eigenvalue weighted by molar-refractivity contribution is 0.0945. The largest absolute Gasteiger partial charge is 0.368 e. The number of carbonyl (C=O) groups is 1. The lowest BCUT2D eigenvalue weighted by Gasteiger charge is -2.09. The normalized spacial score (nSPS) is 10.4. The molecule has 112 valence electrons. The summed E-state index contributed by atoms with van der Waals surface area (Å²) < 4.78 is 15.9. The number of carbonyl (C=O) groups excluding carboxylic acids is 1. The summed E-state index contributed by atoms with van der Waals surface area (Å²) in [6.45, 7) is 2.73. The van der Waals surface area contributed by atoms with Gasteiger partial charge in [0.05, 0.1) is 12.1 Å². The van der Waals surface area contributed by atoms with Crippen LogP contribution in [0.15, 0.2) is 18.6 Å². The number of pyridine rings is 1.